The number of H-pyrrole nitrogens is 1. The summed E-state index contributed by atoms with van der Waals surface area (Å²) in [6, 6.07) is 16.1. The normalized spacial score (nSPS) is 22.0. The van der Waals surface area contributed by atoms with Crippen molar-refractivity contribution in [1.29, 1.82) is 0 Å². The van der Waals surface area contributed by atoms with E-state index in [1.807, 2.05) is 31.1 Å². The van der Waals surface area contributed by atoms with Crippen LogP contribution in [0.4, 0.5) is 10.5 Å². The van der Waals surface area contributed by atoms with Gasteiger partial charge in [0.2, 0.25) is 5.75 Å². The molecule has 1 saturated heterocycles. The van der Waals surface area contributed by atoms with Gasteiger partial charge in [0, 0.05) is 55.5 Å². The number of benzene rings is 3. The number of esters is 2. The largest absolute Gasteiger partial charge is 0.519 e. The van der Waals surface area contributed by atoms with Gasteiger partial charge in [-0.15, -0.1) is 0 Å². The standard InChI is InChI=1S/C40H45N3O10/c1-42(2)24-7-9-25(10-8-24)52-40(46)53-37-34(48-4)16-22(17-35(37)49-5)38(44)51-27-15-23-21-43-14-13-29-28-12-11-26(47-3)19-32(28)41-36(29)33(43)20-30(23)31(18-27)39(45)50-6/h7-12,16-17,19,23,27,30-31,33,41H,13-15,18,20-21H2,1-6H3/t23-,27?,30+,31-,33-/m1/s1. The van der Waals surface area contributed by atoms with E-state index in [2.05, 4.69) is 16.0 Å². The van der Waals surface area contributed by atoms with Crippen molar-refractivity contribution in [2.24, 2.45) is 17.8 Å². The number of methoxy groups -OCH3 is 4. The van der Waals surface area contributed by atoms with Crippen LogP contribution in [0.15, 0.2) is 54.6 Å². The first-order valence-electron chi connectivity index (χ1n) is 17.7. The van der Waals surface area contributed by atoms with E-state index in [1.165, 1.54) is 50.1 Å². The SMILES string of the molecule is COC(=O)[C@@H]1CC(OC(=O)c2cc(OC)c(OC(=O)Oc3ccc(N(C)C)cc3)c(OC)c2)C[C@@H]2CN3CCc4c([nH]c5cc(OC)ccc45)[C@H]3C[C@@H]21. The first kappa shape index (κ1) is 36.0. The van der Waals surface area contributed by atoms with Gasteiger partial charge in [0.15, 0.2) is 11.5 Å². The molecule has 0 radical (unpaired) electrons. The minimum absolute atomic E-state index is 0.0525. The monoisotopic (exact) mass is 727 g/mol. The van der Waals surface area contributed by atoms with Gasteiger partial charge in [-0.1, -0.05) is 0 Å². The van der Waals surface area contributed by atoms with Crippen molar-refractivity contribution in [2.45, 2.75) is 37.8 Å². The fourth-order valence-corrected chi connectivity index (χ4v) is 8.39. The van der Waals surface area contributed by atoms with Crippen molar-refractivity contribution in [2.75, 3.05) is 60.5 Å². The molecule has 3 aromatic carbocycles. The van der Waals surface area contributed by atoms with Gasteiger partial charge in [0.1, 0.15) is 17.6 Å². The van der Waals surface area contributed by atoms with E-state index in [1.54, 1.807) is 31.4 Å². The van der Waals surface area contributed by atoms with E-state index < -0.39 is 24.1 Å². The van der Waals surface area contributed by atoms with Crippen LogP contribution in [0, 0.1) is 17.8 Å². The summed E-state index contributed by atoms with van der Waals surface area (Å²) in [6.45, 7) is 1.68. The highest BCUT2D eigenvalue weighted by Crippen LogP contribution is 2.50. The Morgan fingerprint density at radius 2 is 1.55 bits per heavy atom. The average Bonchev–Trinajstić information content (AvgIpc) is 3.55. The highest BCUT2D eigenvalue weighted by atomic mass is 16.7. The molecule has 1 N–H and O–H groups in total. The minimum Gasteiger partial charge on any atom is -0.497 e. The van der Waals surface area contributed by atoms with Gasteiger partial charge in [-0.2, -0.15) is 0 Å². The summed E-state index contributed by atoms with van der Waals surface area (Å²) in [7, 11) is 9.66. The van der Waals surface area contributed by atoms with Crippen LogP contribution >= 0.6 is 0 Å². The number of ether oxygens (including phenoxy) is 7. The maximum absolute atomic E-state index is 13.7. The fraction of sp³-hybridized carbons (Fsp3) is 0.425. The Hall–Kier alpha value is -5.43. The van der Waals surface area contributed by atoms with Crippen LogP contribution in [-0.4, -0.2) is 89.7 Å². The van der Waals surface area contributed by atoms with Crippen LogP contribution < -0.4 is 28.6 Å². The van der Waals surface area contributed by atoms with Crippen molar-refractivity contribution >= 4 is 34.7 Å². The molecule has 3 heterocycles. The average molecular weight is 728 g/mol. The van der Waals surface area contributed by atoms with E-state index in [0.29, 0.717) is 12.8 Å². The second-order valence-electron chi connectivity index (χ2n) is 14.0. The first-order valence-corrected chi connectivity index (χ1v) is 17.7. The van der Waals surface area contributed by atoms with Crippen molar-refractivity contribution < 1.29 is 47.5 Å². The van der Waals surface area contributed by atoms with Crippen molar-refractivity contribution in [3.05, 3.63) is 71.4 Å². The van der Waals surface area contributed by atoms with E-state index >= 15 is 0 Å². The van der Waals surface area contributed by atoms with Crippen molar-refractivity contribution in [1.82, 2.24) is 9.88 Å². The number of hydrogen-bond donors (Lipinski definition) is 1. The Morgan fingerprint density at radius 3 is 2.21 bits per heavy atom. The molecule has 1 aliphatic carbocycles. The quantitative estimate of drug-likeness (QED) is 0.156. The Bertz CT molecular complexity index is 1980. The maximum Gasteiger partial charge on any atom is 0.519 e. The lowest BCUT2D eigenvalue weighted by molar-refractivity contribution is -0.155. The smallest absolute Gasteiger partial charge is 0.497 e. The summed E-state index contributed by atoms with van der Waals surface area (Å²) in [5.41, 5.74) is 4.66. The van der Waals surface area contributed by atoms with E-state index in [-0.39, 0.29) is 52.4 Å². The van der Waals surface area contributed by atoms with E-state index in [4.69, 9.17) is 33.2 Å². The molecule has 7 rings (SSSR count). The highest BCUT2D eigenvalue weighted by Gasteiger charge is 2.49. The third-order valence-electron chi connectivity index (χ3n) is 11.0. The molecule has 1 aromatic heterocycles. The molecule has 2 aliphatic heterocycles. The predicted octanol–water partition coefficient (Wildman–Crippen LogP) is 6.18. The zero-order valence-corrected chi connectivity index (χ0v) is 30.8. The molecule has 0 bridgehead atoms. The molecule has 4 aromatic rings. The van der Waals surface area contributed by atoms with Crippen LogP contribution in [0.3, 0.4) is 0 Å². The Morgan fingerprint density at radius 1 is 0.830 bits per heavy atom. The first-order chi connectivity index (χ1) is 25.6. The number of nitrogens with zero attached hydrogens (tertiary/aromatic N) is 2. The fourth-order valence-electron chi connectivity index (χ4n) is 8.39. The van der Waals surface area contributed by atoms with Crippen molar-refractivity contribution in [3.63, 3.8) is 0 Å². The lowest BCUT2D eigenvalue weighted by atomic mass is 9.65. The van der Waals surface area contributed by atoms with Gasteiger partial charge < -0.3 is 43.0 Å². The molecule has 280 valence electrons. The number of carbonyl (C=O) groups is 3. The Balaban J connectivity index is 1.06. The summed E-state index contributed by atoms with van der Waals surface area (Å²) in [4.78, 5) is 47.8. The lowest BCUT2D eigenvalue weighted by Gasteiger charge is -2.51. The zero-order chi connectivity index (χ0) is 37.4. The molecular formula is C40H45N3O10. The summed E-state index contributed by atoms with van der Waals surface area (Å²) >= 11 is 0. The lowest BCUT2D eigenvalue weighted by Crippen LogP contribution is -2.52. The number of piperidine rings is 1. The summed E-state index contributed by atoms with van der Waals surface area (Å²) in [5.74, 6) is 0.0317. The molecule has 2 fully saturated rings. The molecule has 0 spiro atoms. The minimum atomic E-state index is -1.01. The third-order valence-corrected chi connectivity index (χ3v) is 11.0. The molecular weight excluding hydrogens is 682 g/mol. The molecule has 1 saturated carbocycles. The number of aromatic amines is 1. The topological polar surface area (TPSA) is 138 Å². The molecule has 13 heteroatoms. The van der Waals surface area contributed by atoms with Gasteiger partial charge in [-0.25, -0.2) is 9.59 Å². The predicted molar refractivity (Wildman–Crippen MR) is 195 cm³/mol. The number of hydrogen-bond acceptors (Lipinski definition) is 12. The number of rotatable bonds is 9. The molecule has 1 unspecified atom stereocenters. The second-order valence-corrected chi connectivity index (χ2v) is 14.0. The van der Waals surface area contributed by atoms with Gasteiger partial charge in [-0.3, -0.25) is 9.69 Å². The molecule has 53 heavy (non-hydrogen) atoms. The molecule has 0 amide bonds. The Kier molecular flexibility index (Phi) is 10.1. The summed E-state index contributed by atoms with van der Waals surface area (Å²) in [6.07, 6.45) is 1.14. The van der Waals surface area contributed by atoms with Crippen LogP contribution in [0.1, 0.15) is 46.9 Å². The van der Waals surface area contributed by atoms with E-state index in [9.17, 15) is 14.4 Å². The third kappa shape index (κ3) is 7.05. The van der Waals surface area contributed by atoms with E-state index in [0.717, 1.165) is 42.9 Å². The number of nitrogens with one attached hydrogen (secondary N) is 1. The van der Waals surface area contributed by atoms with Crippen LogP contribution in [-0.2, 0) is 20.7 Å². The molecule has 13 nitrogen and oxygen atoms in total. The molecule has 5 atom stereocenters. The zero-order valence-electron chi connectivity index (χ0n) is 30.8. The van der Waals surface area contributed by atoms with Crippen LogP contribution in [0.2, 0.25) is 0 Å². The Labute approximate surface area is 308 Å². The second kappa shape index (κ2) is 14.9. The number of fused-ring (bicyclic) bond motifs is 6. The number of anilines is 1. The van der Waals surface area contributed by atoms with Gasteiger partial charge in [0.25, 0.3) is 0 Å². The number of aromatic nitrogens is 1. The summed E-state index contributed by atoms with van der Waals surface area (Å²) < 4.78 is 38.7. The van der Waals surface area contributed by atoms with Crippen LogP contribution in [0.5, 0.6) is 28.7 Å². The van der Waals surface area contributed by atoms with Gasteiger partial charge in [-0.05, 0) is 91.6 Å². The van der Waals surface area contributed by atoms with Gasteiger partial charge >= 0.3 is 18.1 Å². The maximum atomic E-state index is 13.7. The summed E-state index contributed by atoms with van der Waals surface area (Å²) in [5, 5.41) is 1.21. The highest BCUT2D eigenvalue weighted by molar-refractivity contribution is 5.92. The van der Waals surface area contributed by atoms with Crippen molar-refractivity contribution in [3.8, 4) is 28.7 Å². The van der Waals surface area contributed by atoms with Gasteiger partial charge in [0.05, 0.1) is 46.0 Å². The number of carbonyl (C=O) groups excluding carboxylic acids is 3. The van der Waals surface area contributed by atoms with Crippen LogP contribution in [0.25, 0.3) is 10.9 Å². The molecule has 3 aliphatic rings.